The van der Waals surface area contributed by atoms with E-state index in [4.69, 9.17) is 10.5 Å². The van der Waals surface area contributed by atoms with E-state index in [-0.39, 0.29) is 17.7 Å². The maximum Gasteiger partial charge on any atom is 0.234 e. The summed E-state index contributed by atoms with van der Waals surface area (Å²) in [6, 6.07) is 3.48. The maximum absolute atomic E-state index is 11.6. The van der Waals surface area contributed by atoms with Gasteiger partial charge in [0.2, 0.25) is 5.91 Å². The number of hydrogen-bond donors (Lipinski definition) is 2. The van der Waals surface area contributed by atoms with Crippen molar-refractivity contribution in [2.24, 2.45) is 5.73 Å². The van der Waals surface area contributed by atoms with Crippen molar-refractivity contribution in [3.8, 4) is 11.5 Å². The van der Waals surface area contributed by atoms with E-state index in [9.17, 15) is 9.90 Å². The van der Waals surface area contributed by atoms with E-state index in [1.165, 1.54) is 7.11 Å². The van der Waals surface area contributed by atoms with Crippen molar-refractivity contribution < 1.29 is 14.6 Å². The lowest BCUT2D eigenvalue weighted by molar-refractivity contribution is -0.124. The number of aromatic hydroxyl groups is 1. The van der Waals surface area contributed by atoms with Crippen LogP contribution >= 0.6 is 0 Å². The summed E-state index contributed by atoms with van der Waals surface area (Å²) in [6.45, 7) is 5.03. The molecular formula is C17H24N2O3. The van der Waals surface area contributed by atoms with Gasteiger partial charge < -0.3 is 15.6 Å². The average molecular weight is 304 g/mol. The highest BCUT2D eigenvalue weighted by atomic mass is 16.5. The smallest absolute Gasteiger partial charge is 0.234 e. The molecule has 1 aromatic carbocycles. The van der Waals surface area contributed by atoms with Crippen molar-refractivity contribution in [3.05, 3.63) is 35.9 Å². The van der Waals surface area contributed by atoms with Gasteiger partial charge in [-0.1, -0.05) is 18.6 Å². The zero-order valence-corrected chi connectivity index (χ0v) is 13.0. The Labute approximate surface area is 131 Å². The van der Waals surface area contributed by atoms with E-state index in [1.807, 2.05) is 23.1 Å². The van der Waals surface area contributed by atoms with Crippen LogP contribution in [0, 0.1) is 0 Å². The summed E-state index contributed by atoms with van der Waals surface area (Å²) in [5, 5.41) is 10.3. The molecule has 3 N–H and O–H groups in total. The van der Waals surface area contributed by atoms with Crippen molar-refractivity contribution >= 4 is 5.91 Å². The van der Waals surface area contributed by atoms with Crippen LogP contribution < -0.4 is 10.5 Å². The lowest BCUT2D eigenvalue weighted by atomic mass is 9.99. The molecular weight excluding hydrogens is 280 g/mol. The predicted octanol–water partition coefficient (Wildman–Crippen LogP) is 1.97. The molecule has 0 radical (unpaired) electrons. The molecule has 5 nitrogen and oxygen atoms in total. The molecule has 1 aliphatic rings. The van der Waals surface area contributed by atoms with Gasteiger partial charge in [0.25, 0.3) is 0 Å². The summed E-state index contributed by atoms with van der Waals surface area (Å²) in [7, 11) is 1.53. The van der Waals surface area contributed by atoms with E-state index in [0.29, 0.717) is 18.7 Å². The third-order valence-electron chi connectivity index (χ3n) is 4.13. The van der Waals surface area contributed by atoms with Crippen LogP contribution in [0.1, 0.15) is 30.4 Å². The summed E-state index contributed by atoms with van der Waals surface area (Å²) < 4.78 is 5.24. The SMILES string of the molecule is C=CCc1cc(CN2CCCC[C@@H]2C(N)=O)c(O)c(OC)c1. The van der Waals surface area contributed by atoms with Gasteiger partial charge in [-0.15, -0.1) is 6.58 Å². The largest absolute Gasteiger partial charge is 0.504 e. The van der Waals surface area contributed by atoms with Crippen LogP contribution in [0.2, 0.25) is 0 Å². The molecule has 0 aliphatic carbocycles. The normalized spacial score (nSPS) is 18.9. The molecule has 0 saturated carbocycles. The van der Waals surface area contributed by atoms with Gasteiger partial charge in [0.1, 0.15) is 0 Å². The van der Waals surface area contributed by atoms with E-state index in [0.717, 1.165) is 36.9 Å². The summed E-state index contributed by atoms with van der Waals surface area (Å²) in [5.41, 5.74) is 7.28. The number of ether oxygens (including phenoxy) is 1. The van der Waals surface area contributed by atoms with Gasteiger partial charge in [-0.05, 0) is 37.4 Å². The lowest BCUT2D eigenvalue weighted by Crippen LogP contribution is -2.47. The molecule has 1 atom stereocenters. The van der Waals surface area contributed by atoms with Crippen molar-refractivity contribution in [3.63, 3.8) is 0 Å². The summed E-state index contributed by atoms with van der Waals surface area (Å²) in [4.78, 5) is 13.7. The zero-order valence-electron chi connectivity index (χ0n) is 13.0. The average Bonchev–Trinajstić information content (AvgIpc) is 2.51. The van der Waals surface area contributed by atoms with Crippen molar-refractivity contribution in [2.75, 3.05) is 13.7 Å². The number of allylic oxidation sites excluding steroid dienone is 1. The third-order valence-corrected chi connectivity index (χ3v) is 4.13. The van der Waals surface area contributed by atoms with Crippen LogP contribution in [0.3, 0.4) is 0 Å². The fourth-order valence-corrected chi connectivity index (χ4v) is 3.01. The highest BCUT2D eigenvalue weighted by Crippen LogP contribution is 2.33. The number of likely N-dealkylation sites (tertiary alicyclic amines) is 1. The van der Waals surface area contributed by atoms with E-state index >= 15 is 0 Å². The minimum absolute atomic E-state index is 0.129. The van der Waals surface area contributed by atoms with Gasteiger partial charge in [0.15, 0.2) is 11.5 Å². The Morgan fingerprint density at radius 3 is 2.95 bits per heavy atom. The van der Waals surface area contributed by atoms with Gasteiger partial charge in [-0.3, -0.25) is 9.69 Å². The topological polar surface area (TPSA) is 75.8 Å². The molecule has 0 spiro atoms. The fourth-order valence-electron chi connectivity index (χ4n) is 3.01. The Bertz CT molecular complexity index is 557. The molecule has 1 aromatic rings. The Kier molecular flexibility index (Phi) is 5.44. The molecule has 0 unspecified atom stereocenters. The predicted molar refractivity (Wildman–Crippen MR) is 85.8 cm³/mol. The van der Waals surface area contributed by atoms with Gasteiger partial charge in [-0.2, -0.15) is 0 Å². The van der Waals surface area contributed by atoms with Crippen LogP contribution in [0.15, 0.2) is 24.8 Å². The first-order valence-corrected chi connectivity index (χ1v) is 7.59. The standard InChI is InChI=1S/C17H24N2O3/c1-3-6-12-9-13(16(20)15(10-12)22-2)11-19-8-5-4-7-14(19)17(18)21/h3,9-10,14,20H,1,4-8,11H2,2H3,(H2,18,21)/t14-/m1/s1. The van der Waals surface area contributed by atoms with Crippen LogP contribution in [0.4, 0.5) is 0 Å². The number of rotatable bonds is 6. The second-order valence-electron chi connectivity index (χ2n) is 5.68. The Morgan fingerprint density at radius 2 is 2.32 bits per heavy atom. The number of nitrogens with zero attached hydrogens (tertiary/aromatic N) is 1. The summed E-state index contributed by atoms with van der Waals surface area (Å²) in [6.07, 6.45) is 5.33. The number of piperidine rings is 1. The first-order valence-electron chi connectivity index (χ1n) is 7.59. The first kappa shape index (κ1) is 16.4. The Morgan fingerprint density at radius 1 is 1.55 bits per heavy atom. The van der Waals surface area contributed by atoms with Gasteiger partial charge in [0, 0.05) is 12.1 Å². The number of carbonyl (C=O) groups is 1. The second-order valence-corrected chi connectivity index (χ2v) is 5.68. The third kappa shape index (κ3) is 3.60. The number of nitrogens with two attached hydrogens (primary N) is 1. The number of amides is 1. The summed E-state index contributed by atoms with van der Waals surface area (Å²) >= 11 is 0. The van der Waals surface area contributed by atoms with Gasteiger partial charge in [-0.25, -0.2) is 0 Å². The van der Waals surface area contributed by atoms with E-state index < -0.39 is 0 Å². The molecule has 1 aliphatic heterocycles. The Hall–Kier alpha value is -2.01. The monoisotopic (exact) mass is 304 g/mol. The van der Waals surface area contributed by atoms with Crippen LogP contribution in [-0.2, 0) is 17.8 Å². The number of phenols is 1. The number of hydrogen-bond acceptors (Lipinski definition) is 4. The number of carbonyl (C=O) groups excluding carboxylic acids is 1. The number of benzene rings is 1. The minimum atomic E-state index is -0.298. The van der Waals surface area contributed by atoms with Gasteiger partial charge >= 0.3 is 0 Å². The van der Waals surface area contributed by atoms with Crippen molar-refractivity contribution in [2.45, 2.75) is 38.3 Å². The minimum Gasteiger partial charge on any atom is -0.504 e. The number of primary amides is 1. The number of methoxy groups -OCH3 is 1. The molecule has 1 saturated heterocycles. The quantitative estimate of drug-likeness (QED) is 0.788. The Balaban J connectivity index is 2.28. The molecule has 5 heteroatoms. The molecule has 2 rings (SSSR count). The second kappa shape index (κ2) is 7.31. The molecule has 1 amide bonds. The molecule has 0 aromatic heterocycles. The maximum atomic E-state index is 11.6. The lowest BCUT2D eigenvalue weighted by Gasteiger charge is -2.33. The van der Waals surface area contributed by atoms with Crippen LogP contribution in [-0.4, -0.2) is 35.6 Å². The number of phenolic OH excluding ortho intramolecular Hbond substituents is 1. The zero-order chi connectivity index (χ0) is 16.1. The van der Waals surface area contributed by atoms with Crippen LogP contribution in [0.5, 0.6) is 11.5 Å². The highest BCUT2D eigenvalue weighted by Gasteiger charge is 2.27. The molecule has 22 heavy (non-hydrogen) atoms. The van der Waals surface area contributed by atoms with Crippen molar-refractivity contribution in [1.82, 2.24) is 4.90 Å². The van der Waals surface area contributed by atoms with E-state index in [1.54, 1.807) is 0 Å². The molecule has 1 fully saturated rings. The summed E-state index contributed by atoms with van der Waals surface area (Å²) in [5.74, 6) is 0.277. The molecule has 0 bridgehead atoms. The van der Waals surface area contributed by atoms with Crippen molar-refractivity contribution in [1.29, 1.82) is 0 Å². The fraction of sp³-hybridized carbons (Fsp3) is 0.471. The molecule has 120 valence electrons. The molecule has 1 heterocycles. The van der Waals surface area contributed by atoms with Crippen LogP contribution in [0.25, 0.3) is 0 Å². The first-order chi connectivity index (χ1) is 10.6. The van der Waals surface area contributed by atoms with E-state index in [2.05, 4.69) is 6.58 Å². The van der Waals surface area contributed by atoms with Gasteiger partial charge in [0.05, 0.1) is 13.2 Å². The highest BCUT2D eigenvalue weighted by molar-refractivity contribution is 5.79.